The fraction of sp³-hybridized carbons (Fsp3) is 0.310. The molecule has 12 heteroatoms. The van der Waals surface area contributed by atoms with Crippen molar-refractivity contribution in [3.05, 3.63) is 99.5 Å². The van der Waals surface area contributed by atoms with Crippen molar-refractivity contribution in [3.8, 4) is 0 Å². The molecule has 0 aliphatic rings. The zero-order valence-corrected chi connectivity index (χ0v) is 25.1. The van der Waals surface area contributed by atoms with Gasteiger partial charge < -0.3 is 10.2 Å². The molecule has 0 aromatic heterocycles. The number of carbonyl (C=O) groups is 2. The van der Waals surface area contributed by atoms with E-state index in [0.717, 1.165) is 24.0 Å². The minimum absolute atomic E-state index is 0.115. The number of carbonyl (C=O) groups excluding carboxylic acids is 2. The van der Waals surface area contributed by atoms with Crippen molar-refractivity contribution < 1.29 is 26.8 Å². The summed E-state index contributed by atoms with van der Waals surface area (Å²) < 4.78 is 53.8. The Morgan fingerprint density at radius 1 is 0.976 bits per heavy atom. The number of halogens is 4. The summed E-state index contributed by atoms with van der Waals surface area (Å²) in [6.07, 6.45) is 1.60. The summed E-state index contributed by atoms with van der Waals surface area (Å²) in [7, 11) is -4.14. The molecule has 0 saturated heterocycles. The van der Waals surface area contributed by atoms with Crippen LogP contribution in [0.4, 0.5) is 14.5 Å². The van der Waals surface area contributed by atoms with Crippen LogP contribution in [0.1, 0.15) is 31.4 Å². The molecule has 41 heavy (non-hydrogen) atoms. The quantitative estimate of drug-likeness (QED) is 0.284. The molecule has 0 spiro atoms. The van der Waals surface area contributed by atoms with Gasteiger partial charge in [0.2, 0.25) is 21.8 Å². The second kappa shape index (κ2) is 14.1. The first-order chi connectivity index (χ1) is 19.3. The molecule has 0 fully saturated rings. The maximum absolute atomic E-state index is 14.0. The molecule has 0 unspecified atom stereocenters. The molecule has 3 rings (SSSR count). The van der Waals surface area contributed by atoms with Crippen LogP contribution in [0, 0.1) is 11.6 Å². The van der Waals surface area contributed by atoms with Gasteiger partial charge in [-0.3, -0.25) is 13.9 Å². The van der Waals surface area contributed by atoms with E-state index in [0.29, 0.717) is 27.4 Å². The highest BCUT2D eigenvalue weighted by Crippen LogP contribution is 2.26. The highest BCUT2D eigenvalue weighted by molar-refractivity contribution is 7.92. The standard InChI is InChI=1S/C29H31Cl2F2N3O4S/c1-4-19(2)34-29(38)27(14-20-8-6-5-7-9-20)35(17-21-10-11-22(30)15-24(21)31)28(37)18-36(41(3,39)40)23-12-13-25(32)26(33)16-23/h5-13,15-16,19,27H,4,14,17-18H2,1-3H3,(H,34,38)/t19-,27+/m1/s1. The summed E-state index contributed by atoms with van der Waals surface area (Å²) in [5.74, 6) is -3.65. The summed E-state index contributed by atoms with van der Waals surface area (Å²) in [5, 5.41) is 3.53. The van der Waals surface area contributed by atoms with Gasteiger partial charge >= 0.3 is 0 Å². The van der Waals surface area contributed by atoms with Crippen LogP contribution in [0.2, 0.25) is 10.0 Å². The maximum Gasteiger partial charge on any atom is 0.244 e. The molecule has 0 heterocycles. The van der Waals surface area contributed by atoms with Gasteiger partial charge in [0.1, 0.15) is 12.6 Å². The molecule has 3 aromatic rings. The Morgan fingerprint density at radius 3 is 2.24 bits per heavy atom. The van der Waals surface area contributed by atoms with Crippen LogP contribution in [0.3, 0.4) is 0 Å². The second-order valence-electron chi connectivity index (χ2n) is 9.65. The number of nitrogens with zero attached hydrogens (tertiary/aromatic N) is 2. The van der Waals surface area contributed by atoms with Gasteiger partial charge in [-0.1, -0.05) is 66.5 Å². The Morgan fingerprint density at radius 2 is 1.66 bits per heavy atom. The summed E-state index contributed by atoms with van der Waals surface area (Å²) in [4.78, 5) is 28.9. The van der Waals surface area contributed by atoms with E-state index in [9.17, 15) is 26.8 Å². The van der Waals surface area contributed by atoms with Crippen LogP contribution < -0.4 is 9.62 Å². The number of sulfonamides is 1. The Hall–Kier alpha value is -3.21. The average molecular weight is 627 g/mol. The minimum Gasteiger partial charge on any atom is -0.352 e. The third kappa shape index (κ3) is 8.89. The van der Waals surface area contributed by atoms with E-state index in [1.165, 1.54) is 11.0 Å². The molecular formula is C29H31Cl2F2N3O4S. The van der Waals surface area contributed by atoms with E-state index >= 15 is 0 Å². The third-order valence-electron chi connectivity index (χ3n) is 6.50. The van der Waals surface area contributed by atoms with Crippen molar-refractivity contribution in [1.82, 2.24) is 10.2 Å². The lowest BCUT2D eigenvalue weighted by Gasteiger charge is -2.34. The van der Waals surface area contributed by atoms with Crippen LogP contribution in [0.5, 0.6) is 0 Å². The van der Waals surface area contributed by atoms with E-state index in [4.69, 9.17) is 23.2 Å². The molecule has 220 valence electrons. The molecule has 0 aliphatic heterocycles. The first-order valence-electron chi connectivity index (χ1n) is 12.8. The van der Waals surface area contributed by atoms with Crippen LogP contribution in [0.25, 0.3) is 0 Å². The Labute approximate surface area is 249 Å². The average Bonchev–Trinajstić information content (AvgIpc) is 2.91. The van der Waals surface area contributed by atoms with Gasteiger partial charge in [-0.2, -0.15) is 0 Å². The van der Waals surface area contributed by atoms with Crippen molar-refractivity contribution in [3.63, 3.8) is 0 Å². The number of rotatable bonds is 12. The lowest BCUT2D eigenvalue weighted by Crippen LogP contribution is -2.54. The van der Waals surface area contributed by atoms with E-state index in [1.54, 1.807) is 24.3 Å². The smallest absolute Gasteiger partial charge is 0.244 e. The maximum atomic E-state index is 14.0. The van der Waals surface area contributed by atoms with Gasteiger partial charge in [0.25, 0.3) is 0 Å². The highest BCUT2D eigenvalue weighted by atomic mass is 35.5. The lowest BCUT2D eigenvalue weighted by molar-refractivity contribution is -0.140. The largest absolute Gasteiger partial charge is 0.352 e. The molecule has 0 saturated carbocycles. The fourth-order valence-corrected chi connectivity index (χ4v) is 5.39. The molecule has 0 aliphatic carbocycles. The summed E-state index contributed by atoms with van der Waals surface area (Å²) >= 11 is 12.5. The Balaban J connectivity index is 2.10. The second-order valence-corrected chi connectivity index (χ2v) is 12.4. The van der Waals surface area contributed by atoms with E-state index in [2.05, 4.69) is 5.32 Å². The normalized spacial score (nSPS) is 12.9. The third-order valence-corrected chi connectivity index (χ3v) is 8.23. The molecule has 3 aromatic carbocycles. The topological polar surface area (TPSA) is 86.8 Å². The number of anilines is 1. The van der Waals surface area contributed by atoms with Crippen LogP contribution in [0.15, 0.2) is 66.7 Å². The van der Waals surface area contributed by atoms with Crippen molar-refractivity contribution in [2.75, 3.05) is 17.1 Å². The predicted molar refractivity (Wildman–Crippen MR) is 157 cm³/mol. The van der Waals surface area contributed by atoms with Gasteiger partial charge in [0, 0.05) is 35.1 Å². The van der Waals surface area contributed by atoms with Gasteiger partial charge in [0.15, 0.2) is 11.6 Å². The van der Waals surface area contributed by atoms with E-state index < -0.39 is 46.1 Å². The monoisotopic (exact) mass is 625 g/mol. The minimum atomic E-state index is -4.14. The number of benzene rings is 3. The van der Waals surface area contributed by atoms with Crippen molar-refractivity contribution in [1.29, 1.82) is 0 Å². The van der Waals surface area contributed by atoms with E-state index in [-0.39, 0.29) is 29.7 Å². The number of nitrogens with one attached hydrogen (secondary N) is 1. The molecular weight excluding hydrogens is 595 g/mol. The number of hydrogen-bond acceptors (Lipinski definition) is 4. The fourth-order valence-electron chi connectivity index (χ4n) is 4.08. The van der Waals surface area contributed by atoms with Gasteiger partial charge in [-0.15, -0.1) is 0 Å². The molecule has 2 atom stereocenters. The van der Waals surface area contributed by atoms with Crippen molar-refractivity contribution >= 4 is 50.7 Å². The van der Waals surface area contributed by atoms with Crippen molar-refractivity contribution in [2.24, 2.45) is 0 Å². The summed E-state index contributed by atoms with van der Waals surface area (Å²) in [5.41, 5.74) is 0.989. The molecule has 1 N–H and O–H groups in total. The van der Waals surface area contributed by atoms with Crippen LogP contribution >= 0.6 is 23.2 Å². The highest BCUT2D eigenvalue weighted by Gasteiger charge is 2.34. The molecule has 2 amide bonds. The Kier molecular flexibility index (Phi) is 11.1. The molecule has 0 radical (unpaired) electrons. The SMILES string of the molecule is CC[C@@H](C)NC(=O)[C@H](Cc1ccccc1)N(Cc1ccc(Cl)cc1Cl)C(=O)CN(c1ccc(F)c(F)c1)S(C)(=O)=O. The van der Waals surface area contributed by atoms with Gasteiger partial charge in [-0.05, 0) is 48.7 Å². The van der Waals surface area contributed by atoms with Gasteiger partial charge in [0.05, 0.1) is 11.9 Å². The Bertz CT molecular complexity index is 1490. The summed E-state index contributed by atoms with van der Waals surface area (Å²) in [6.45, 7) is 2.79. The predicted octanol–water partition coefficient (Wildman–Crippen LogP) is 5.59. The van der Waals surface area contributed by atoms with E-state index in [1.807, 2.05) is 32.0 Å². The van der Waals surface area contributed by atoms with Crippen LogP contribution in [-0.4, -0.2) is 50.0 Å². The first kappa shape index (κ1) is 32.3. The summed E-state index contributed by atoms with van der Waals surface area (Å²) in [6, 6.07) is 15.0. The number of hydrogen-bond donors (Lipinski definition) is 1. The van der Waals surface area contributed by atoms with Crippen molar-refractivity contribution in [2.45, 2.75) is 45.3 Å². The first-order valence-corrected chi connectivity index (χ1v) is 15.4. The molecule has 7 nitrogen and oxygen atoms in total. The van der Waals surface area contributed by atoms with Gasteiger partial charge in [-0.25, -0.2) is 17.2 Å². The molecule has 0 bridgehead atoms. The lowest BCUT2D eigenvalue weighted by atomic mass is 10.0. The van der Waals surface area contributed by atoms with Crippen LogP contribution in [-0.2, 0) is 32.6 Å². The zero-order valence-electron chi connectivity index (χ0n) is 22.8. The number of amides is 2. The zero-order chi connectivity index (χ0) is 30.3.